The second kappa shape index (κ2) is 3.78. The third-order valence-electron chi connectivity index (χ3n) is 0.574. The molecule has 0 unspecified atom stereocenters. The summed E-state index contributed by atoms with van der Waals surface area (Å²) in [5.41, 5.74) is 0. The Balaban J connectivity index is 3.73. The Morgan fingerprint density at radius 2 is 1.89 bits per heavy atom. The normalized spacial score (nSPS) is 11.8. The van der Waals surface area contributed by atoms with Crippen LogP contribution < -0.4 is 0 Å². The molecule has 0 heterocycles. The molecule has 0 aliphatic rings. The first kappa shape index (κ1) is 8.83. The van der Waals surface area contributed by atoms with Gasteiger partial charge in [-0.2, -0.15) is 8.42 Å². The largest absolute Gasteiger partial charge is 0.395 e. The van der Waals surface area contributed by atoms with E-state index in [-0.39, 0.29) is 0 Å². The molecular weight excluding hydrogens is 148 g/mol. The SMILES string of the molecule is O=S(=O)(CCO)OCO. The predicted octanol–water partition coefficient (Wildman–Crippen LogP) is -1.73. The molecule has 0 aliphatic heterocycles. The molecule has 0 aromatic rings. The summed E-state index contributed by atoms with van der Waals surface area (Å²) in [5, 5.41) is 16.0. The van der Waals surface area contributed by atoms with Gasteiger partial charge in [0.1, 0.15) is 0 Å². The average Bonchev–Trinajstić information content (AvgIpc) is 1.64. The van der Waals surface area contributed by atoms with Gasteiger partial charge in [-0.3, -0.25) is 0 Å². The van der Waals surface area contributed by atoms with Crippen LogP contribution in [-0.4, -0.2) is 37.8 Å². The number of aliphatic hydroxyl groups excluding tert-OH is 2. The predicted molar refractivity (Wildman–Crippen MR) is 29.0 cm³/mol. The van der Waals surface area contributed by atoms with Gasteiger partial charge in [-0.1, -0.05) is 0 Å². The molecule has 0 atom stereocenters. The third kappa shape index (κ3) is 4.34. The minimum absolute atomic E-state index is 0.479. The highest BCUT2D eigenvalue weighted by molar-refractivity contribution is 7.86. The maximum Gasteiger partial charge on any atom is 0.271 e. The monoisotopic (exact) mass is 156 g/mol. The van der Waals surface area contributed by atoms with Crippen LogP contribution in [0.5, 0.6) is 0 Å². The Labute approximate surface area is 53.0 Å². The van der Waals surface area contributed by atoms with E-state index in [4.69, 9.17) is 10.2 Å². The molecule has 0 saturated heterocycles. The first-order chi connectivity index (χ1) is 4.12. The third-order valence-corrected chi connectivity index (χ3v) is 1.72. The molecule has 6 heteroatoms. The summed E-state index contributed by atoms with van der Waals surface area (Å²) in [6.45, 7) is -1.37. The Bertz CT molecular complexity index is 136. The fourth-order valence-corrected chi connectivity index (χ4v) is 0.753. The molecule has 0 fully saturated rings. The van der Waals surface area contributed by atoms with Crippen LogP contribution in [0.15, 0.2) is 0 Å². The molecule has 0 aromatic carbocycles. The van der Waals surface area contributed by atoms with E-state index in [1.165, 1.54) is 0 Å². The van der Waals surface area contributed by atoms with Crippen LogP contribution in [0, 0.1) is 0 Å². The van der Waals surface area contributed by atoms with Crippen molar-refractivity contribution < 1.29 is 22.8 Å². The lowest BCUT2D eigenvalue weighted by Gasteiger charge is -1.97. The average molecular weight is 156 g/mol. The highest BCUT2D eigenvalue weighted by atomic mass is 32.2. The van der Waals surface area contributed by atoms with Crippen molar-refractivity contribution in [1.82, 2.24) is 0 Å². The van der Waals surface area contributed by atoms with Crippen molar-refractivity contribution in [2.75, 3.05) is 19.2 Å². The van der Waals surface area contributed by atoms with E-state index in [1.54, 1.807) is 0 Å². The summed E-state index contributed by atoms with van der Waals surface area (Å²) in [5.74, 6) is -0.479. The maximum atomic E-state index is 10.3. The molecule has 0 saturated carbocycles. The summed E-state index contributed by atoms with van der Waals surface area (Å²) in [6.07, 6.45) is 0. The molecule has 0 bridgehead atoms. The van der Waals surface area contributed by atoms with Crippen molar-refractivity contribution in [2.24, 2.45) is 0 Å². The lowest BCUT2D eigenvalue weighted by molar-refractivity contribution is 0.104. The molecule has 56 valence electrons. The van der Waals surface area contributed by atoms with Crippen molar-refractivity contribution in [3.05, 3.63) is 0 Å². The fourth-order valence-electron chi connectivity index (χ4n) is 0.251. The van der Waals surface area contributed by atoms with Gasteiger partial charge >= 0.3 is 0 Å². The number of hydrogen-bond acceptors (Lipinski definition) is 5. The zero-order chi connectivity index (χ0) is 7.33. The van der Waals surface area contributed by atoms with E-state index in [2.05, 4.69) is 4.18 Å². The van der Waals surface area contributed by atoms with Gasteiger partial charge < -0.3 is 10.2 Å². The van der Waals surface area contributed by atoms with Crippen LogP contribution in [0.3, 0.4) is 0 Å². The highest BCUT2D eigenvalue weighted by Crippen LogP contribution is 1.88. The smallest absolute Gasteiger partial charge is 0.271 e. The first-order valence-electron chi connectivity index (χ1n) is 2.21. The van der Waals surface area contributed by atoms with Gasteiger partial charge in [-0.05, 0) is 0 Å². The summed E-state index contributed by atoms with van der Waals surface area (Å²) < 4.78 is 24.4. The van der Waals surface area contributed by atoms with Gasteiger partial charge in [0, 0.05) is 0 Å². The Kier molecular flexibility index (Phi) is 3.71. The first-order valence-corrected chi connectivity index (χ1v) is 3.79. The van der Waals surface area contributed by atoms with Crippen molar-refractivity contribution in [3.8, 4) is 0 Å². The van der Waals surface area contributed by atoms with Crippen molar-refractivity contribution in [2.45, 2.75) is 0 Å². The van der Waals surface area contributed by atoms with Crippen LogP contribution in [-0.2, 0) is 14.3 Å². The standard InChI is InChI=1S/C3H8O5S/c4-1-2-9(6,7)8-3-5/h4-5H,1-3H2. The molecule has 2 N–H and O–H groups in total. The summed E-state index contributed by atoms with van der Waals surface area (Å²) in [4.78, 5) is 0. The molecule has 0 aliphatic carbocycles. The molecule has 0 radical (unpaired) electrons. The Hall–Kier alpha value is -0.170. The van der Waals surface area contributed by atoms with Gasteiger partial charge in [0.05, 0.1) is 12.4 Å². The lowest BCUT2D eigenvalue weighted by atomic mass is 10.9. The minimum Gasteiger partial charge on any atom is -0.395 e. The van der Waals surface area contributed by atoms with Crippen LogP contribution in [0.4, 0.5) is 0 Å². The van der Waals surface area contributed by atoms with E-state index in [0.717, 1.165) is 0 Å². The molecule has 0 rings (SSSR count). The number of rotatable bonds is 4. The maximum absolute atomic E-state index is 10.3. The van der Waals surface area contributed by atoms with E-state index >= 15 is 0 Å². The van der Waals surface area contributed by atoms with E-state index in [0.29, 0.717) is 0 Å². The number of aliphatic hydroxyl groups is 2. The molecule has 0 spiro atoms. The zero-order valence-electron chi connectivity index (χ0n) is 4.65. The minimum atomic E-state index is -3.68. The zero-order valence-corrected chi connectivity index (χ0v) is 5.47. The van der Waals surface area contributed by atoms with Gasteiger partial charge in [0.25, 0.3) is 10.1 Å². The molecule has 0 amide bonds. The van der Waals surface area contributed by atoms with Gasteiger partial charge in [0.2, 0.25) is 0 Å². The van der Waals surface area contributed by atoms with Gasteiger partial charge in [0.15, 0.2) is 6.79 Å². The quantitative estimate of drug-likeness (QED) is 0.373. The fraction of sp³-hybridized carbons (Fsp3) is 1.00. The summed E-state index contributed by atoms with van der Waals surface area (Å²) in [7, 11) is -3.68. The molecular formula is C3H8O5S. The second-order valence-electron chi connectivity index (χ2n) is 1.23. The van der Waals surface area contributed by atoms with E-state index in [9.17, 15) is 8.42 Å². The van der Waals surface area contributed by atoms with Crippen molar-refractivity contribution >= 4 is 10.1 Å². The van der Waals surface area contributed by atoms with Crippen LogP contribution in [0.1, 0.15) is 0 Å². The highest BCUT2D eigenvalue weighted by Gasteiger charge is 2.07. The van der Waals surface area contributed by atoms with Crippen molar-refractivity contribution in [3.63, 3.8) is 0 Å². The topological polar surface area (TPSA) is 83.8 Å². The number of hydrogen-bond donors (Lipinski definition) is 2. The summed E-state index contributed by atoms with van der Waals surface area (Å²) >= 11 is 0. The van der Waals surface area contributed by atoms with Gasteiger partial charge in [-0.15, -0.1) is 0 Å². The van der Waals surface area contributed by atoms with Crippen LogP contribution in [0.25, 0.3) is 0 Å². The molecule has 0 aromatic heterocycles. The summed E-state index contributed by atoms with van der Waals surface area (Å²) in [6, 6.07) is 0. The van der Waals surface area contributed by atoms with E-state index < -0.39 is 29.3 Å². The van der Waals surface area contributed by atoms with Gasteiger partial charge in [-0.25, -0.2) is 4.18 Å². The lowest BCUT2D eigenvalue weighted by Crippen LogP contribution is -2.13. The molecule has 9 heavy (non-hydrogen) atoms. The van der Waals surface area contributed by atoms with E-state index in [1.807, 2.05) is 0 Å². The second-order valence-corrected chi connectivity index (χ2v) is 2.99. The van der Waals surface area contributed by atoms with Crippen molar-refractivity contribution in [1.29, 1.82) is 0 Å². The van der Waals surface area contributed by atoms with Crippen LogP contribution >= 0.6 is 0 Å². The Morgan fingerprint density at radius 3 is 2.22 bits per heavy atom. The van der Waals surface area contributed by atoms with Crippen LogP contribution in [0.2, 0.25) is 0 Å². The molecule has 5 nitrogen and oxygen atoms in total. The Morgan fingerprint density at radius 1 is 1.33 bits per heavy atom.